The van der Waals surface area contributed by atoms with Gasteiger partial charge in [-0.05, 0) is 38.4 Å². The van der Waals surface area contributed by atoms with E-state index in [1.807, 2.05) is 13.1 Å². The van der Waals surface area contributed by atoms with Crippen LogP contribution in [0.1, 0.15) is 47.5 Å². The minimum Gasteiger partial charge on any atom is -0.492 e. The summed E-state index contributed by atoms with van der Waals surface area (Å²) in [5.41, 5.74) is 2.21. The number of nitrogens with zero attached hydrogens (tertiary/aromatic N) is 2. The van der Waals surface area contributed by atoms with Gasteiger partial charge in [-0.25, -0.2) is 4.98 Å². The van der Waals surface area contributed by atoms with Crippen LogP contribution >= 0.6 is 11.3 Å². The van der Waals surface area contributed by atoms with Gasteiger partial charge in [0.15, 0.2) is 0 Å². The first-order chi connectivity index (χ1) is 10.2. The third-order valence-electron chi connectivity index (χ3n) is 3.15. The fraction of sp³-hybridized carbons (Fsp3) is 0.500. The lowest BCUT2D eigenvalue weighted by Gasteiger charge is -2.18. The van der Waals surface area contributed by atoms with Crippen LogP contribution < -0.4 is 10.1 Å². The lowest BCUT2D eigenvalue weighted by atomic mass is 10.1. The fourth-order valence-electron chi connectivity index (χ4n) is 2.27. The van der Waals surface area contributed by atoms with E-state index in [0.29, 0.717) is 0 Å². The number of rotatable bonds is 7. The first-order valence-corrected chi connectivity index (χ1v) is 8.22. The second kappa shape index (κ2) is 7.52. The zero-order chi connectivity index (χ0) is 15.2. The van der Waals surface area contributed by atoms with Crippen LogP contribution in [0.3, 0.4) is 0 Å². The molecular formula is C16H23N3OS. The first kappa shape index (κ1) is 15.9. The standard InChI is InChI=1S/C16H23N3OS/c1-5-7-20-14-8-13(9-17-10-14)15(18-6-2)16-11(3)19-12(4)21-16/h8-10,15,18H,5-7H2,1-4H3. The van der Waals surface area contributed by atoms with Crippen molar-refractivity contribution in [3.05, 3.63) is 39.6 Å². The lowest BCUT2D eigenvalue weighted by Crippen LogP contribution is -2.22. The van der Waals surface area contributed by atoms with Crippen molar-refractivity contribution in [2.75, 3.05) is 13.2 Å². The smallest absolute Gasteiger partial charge is 0.137 e. The summed E-state index contributed by atoms with van der Waals surface area (Å²) in [4.78, 5) is 10.1. The van der Waals surface area contributed by atoms with Crippen molar-refractivity contribution in [2.24, 2.45) is 0 Å². The Balaban J connectivity index is 2.31. The molecule has 0 aliphatic carbocycles. The summed E-state index contributed by atoms with van der Waals surface area (Å²) in [6.45, 7) is 9.93. The molecule has 0 spiro atoms. The summed E-state index contributed by atoms with van der Waals surface area (Å²) in [6.07, 6.45) is 4.67. The number of nitrogens with one attached hydrogen (secondary N) is 1. The van der Waals surface area contributed by atoms with Gasteiger partial charge < -0.3 is 10.1 Å². The molecule has 0 aromatic carbocycles. The molecule has 114 valence electrons. The SMILES string of the molecule is CCCOc1cncc(C(NCC)c2sc(C)nc2C)c1. The maximum atomic E-state index is 5.69. The quantitative estimate of drug-likeness (QED) is 0.848. The molecule has 0 aliphatic heterocycles. The number of pyridine rings is 1. The maximum absolute atomic E-state index is 5.69. The summed E-state index contributed by atoms with van der Waals surface area (Å²) >= 11 is 1.74. The number of aromatic nitrogens is 2. The zero-order valence-corrected chi connectivity index (χ0v) is 14.0. The minimum atomic E-state index is 0.124. The van der Waals surface area contributed by atoms with Crippen LogP contribution in [0.4, 0.5) is 0 Å². The van der Waals surface area contributed by atoms with Gasteiger partial charge in [-0.2, -0.15) is 0 Å². The summed E-state index contributed by atoms with van der Waals surface area (Å²) in [5.74, 6) is 0.830. The highest BCUT2D eigenvalue weighted by Crippen LogP contribution is 2.31. The van der Waals surface area contributed by atoms with Crippen LogP contribution in [0.2, 0.25) is 0 Å². The van der Waals surface area contributed by atoms with Crippen molar-refractivity contribution in [1.29, 1.82) is 0 Å². The summed E-state index contributed by atoms with van der Waals surface area (Å²) in [5, 5.41) is 4.62. The number of aryl methyl sites for hydroxylation is 2. The van der Waals surface area contributed by atoms with Crippen molar-refractivity contribution < 1.29 is 4.74 Å². The van der Waals surface area contributed by atoms with E-state index < -0.39 is 0 Å². The Hall–Kier alpha value is -1.46. The van der Waals surface area contributed by atoms with Gasteiger partial charge in [0.25, 0.3) is 0 Å². The normalized spacial score (nSPS) is 12.4. The predicted molar refractivity (Wildman–Crippen MR) is 87.1 cm³/mol. The Morgan fingerprint density at radius 2 is 2.10 bits per heavy atom. The molecule has 0 saturated carbocycles. The van der Waals surface area contributed by atoms with Crippen molar-refractivity contribution in [2.45, 2.75) is 40.2 Å². The van der Waals surface area contributed by atoms with Gasteiger partial charge in [-0.1, -0.05) is 13.8 Å². The van der Waals surface area contributed by atoms with Gasteiger partial charge in [-0.3, -0.25) is 4.98 Å². The van der Waals surface area contributed by atoms with Crippen molar-refractivity contribution in [1.82, 2.24) is 15.3 Å². The average molecular weight is 305 g/mol. The van der Waals surface area contributed by atoms with E-state index in [0.717, 1.165) is 41.6 Å². The summed E-state index contributed by atoms with van der Waals surface area (Å²) < 4.78 is 5.69. The third kappa shape index (κ3) is 4.02. The van der Waals surface area contributed by atoms with E-state index in [2.05, 4.69) is 42.1 Å². The van der Waals surface area contributed by atoms with Crippen LogP contribution in [0.15, 0.2) is 18.5 Å². The van der Waals surface area contributed by atoms with E-state index in [-0.39, 0.29) is 6.04 Å². The number of thiazole rings is 1. The molecule has 2 rings (SSSR count). The predicted octanol–water partition coefficient (Wildman–Crippen LogP) is 3.64. The van der Waals surface area contributed by atoms with Crippen molar-refractivity contribution in [3.63, 3.8) is 0 Å². The Kier molecular flexibility index (Phi) is 5.70. The van der Waals surface area contributed by atoms with E-state index in [1.54, 1.807) is 17.5 Å². The molecule has 2 aromatic rings. The van der Waals surface area contributed by atoms with Crippen LogP contribution in [0.25, 0.3) is 0 Å². The molecule has 1 unspecified atom stereocenters. The highest BCUT2D eigenvalue weighted by atomic mass is 32.1. The van der Waals surface area contributed by atoms with Crippen LogP contribution in [0, 0.1) is 13.8 Å². The largest absolute Gasteiger partial charge is 0.492 e. The molecular weight excluding hydrogens is 282 g/mol. The molecule has 4 nitrogen and oxygen atoms in total. The molecule has 1 N–H and O–H groups in total. The Labute approximate surface area is 130 Å². The van der Waals surface area contributed by atoms with Gasteiger partial charge in [0, 0.05) is 11.1 Å². The van der Waals surface area contributed by atoms with Crippen molar-refractivity contribution in [3.8, 4) is 5.75 Å². The molecule has 0 fully saturated rings. The second-order valence-electron chi connectivity index (χ2n) is 4.98. The van der Waals surface area contributed by atoms with Crippen molar-refractivity contribution >= 4 is 11.3 Å². The number of ether oxygens (including phenoxy) is 1. The summed E-state index contributed by atoms with van der Waals surface area (Å²) in [6, 6.07) is 2.20. The van der Waals surface area contributed by atoms with Crippen LogP contribution in [0.5, 0.6) is 5.75 Å². The number of hydrogen-bond donors (Lipinski definition) is 1. The van der Waals surface area contributed by atoms with E-state index in [9.17, 15) is 0 Å². The molecule has 1 atom stereocenters. The molecule has 0 aliphatic rings. The lowest BCUT2D eigenvalue weighted by molar-refractivity contribution is 0.315. The Morgan fingerprint density at radius 1 is 1.29 bits per heavy atom. The van der Waals surface area contributed by atoms with Crippen LogP contribution in [-0.2, 0) is 0 Å². The van der Waals surface area contributed by atoms with E-state index in [1.165, 1.54) is 4.88 Å². The molecule has 2 heterocycles. The maximum Gasteiger partial charge on any atom is 0.137 e. The zero-order valence-electron chi connectivity index (χ0n) is 13.1. The molecule has 0 bridgehead atoms. The molecule has 0 radical (unpaired) electrons. The van der Waals surface area contributed by atoms with Gasteiger partial charge in [0.05, 0.1) is 29.5 Å². The average Bonchev–Trinajstić information content (AvgIpc) is 2.81. The Bertz CT molecular complexity index is 583. The summed E-state index contributed by atoms with van der Waals surface area (Å²) in [7, 11) is 0. The Morgan fingerprint density at radius 3 is 2.71 bits per heavy atom. The molecule has 0 amide bonds. The van der Waals surface area contributed by atoms with Gasteiger partial charge in [0.1, 0.15) is 5.75 Å². The highest BCUT2D eigenvalue weighted by Gasteiger charge is 2.19. The minimum absolute atomic E-state index is 0.124. The van der Waals surface area contributed by atoms with Crippen LogP contribution in [-0.4, -0.2) is 23.1 Å². The highest BCUT2D eigenvalue weighted by molar-refractivity contribution is 7.11. The first-order valence-electron chi connectivity index (χ1n) is 7.40. The molecule has 0 saturated heterocycles. The van der Waals surface area contributed by atoms with Gasteiger partial charge in [0.2, 0.25) is 0 Å². The third-order valence-corrected chi connectivity index (χ3v) is 4.29. The molecule has 21 heavy (non-hydrogen) atoms. The number of hydrogen-bond acceptors (Lipinski definition) is 5. The molecule has 5 heteroatoms. The molecule has 2 aromatic heterocycles. The monoisotopic (exact) mass is 305 g/mol. The van der Waals surface area contributed by atoms with Gasteiger partial charge in [-0.15, -0.1) is 11.3 Å². The van der Waals surface area contributed by atoms with E-state index >= 15 is 0 Å². The topological polar surface area (TPSA) is 47.0 Å². The van der Waals surface area contributed by atoms with Gasteiger partial charge >= 0.3 is 0 Å². The fourth-order valence-corrected chi connectivity index (χ4v) is 3.30. The van der Waals surface area contributed by atoms with E-state index in [4.69, 9.17) is 4.74 Å². The second-order valence-corrected chi connectivity index (χ2v) is 6.21.